The lowest BCUT2D eigenvalue weighted by Crippen LogP contribution is -2.22. The van der Waals surface area contributed by atoms with E-state index in [9.17, 15) is 4.39 Å². The smallest absolute Gasteiger partial charge is 0.141 e. The normalized spacial score (nSPS) is 11.5. The van der Waals surface area contributed by atoms with E-state index >= 15 is 0 Å². The summed E-state index contributed by atoms with van der Waals surface area (Å²) >= 11 is 3.08. The average molecular weight is 247 g/mol. The molecule has 0 heterocycles. The Hall–Kier alpha value is -0.570. The van der Waals surface area contributed by atoms with Crippen LogP contribution in [0.15, 0.2) is 22.7 Å². The Kier molecular flexibility index (Phi) is 2.96. The topological polar surface area (TPSA) is 9.23 Å². The fourth-order valence-corrected chi connectivity index (χ4v) is 1.14. The molecule has 1 aromatic carbocycles. The first-order valence-electron chi connectivity index (χ1n) is 4.02. The van der Waals surface area contributed by atoms with Crippen molar-refractivity contribution in [1.29, 1.82) is 0 Å². The summed E-state index contributed by atoms with van der Waals surface area (Å²) in [5.74, 6) is 0.245. The van der Waals surface area contributed by atoms with Crippen LogP contribution in [0.1, 0.15) is 20.8 Å². The number of hydrogen-bond donors (Lipinski definition) is 0. The van der Waals surface area contributed by atoms with Gasteiger partial charge in [-0.25, -0.2) is 4.39 Å². The Bertz CT molecular complexity index is 304. The van der Waals surface area contributed by atoms with Crippen LogP contribution < -0.4 is 4.74 Å². The first kappa shape index (κ1) is 10.5. The highest BCUT2D eigenvalue weighted by Crippen LogP contribution is 2.23. The van der Waals surface area contributed by atoms with Gasteiger partial charge in [-0.15, -0.1) is 0 Å². The van der Waals surface area contributed by atoms with E-state index in [1.165, 1.54) is 6.07 Å². The van der Waals surface area contributed by atoms with Crippen molar-refractivity contribution in [3.8, 4) is 5.75 Å². The molecule has 0 aliphatic rings. The second-order valence-corrected chi connectivity index (χ2v) is 4.64. The Labute approximate surface area is 86.0 Å². The lowest BCUT2D eigenvalue weighted by atomic mass is 10.2. The maximum Gasteiger partial charge on any atom is 0.141 e. The molecule has 0 aliphatic carbocycles. The van der Waals surface area contributed by atoms with Gasteiger partial charge < -0.3 is 4.74 Å². The van der Waals surface area contributed by atoms with E-state index < -0.39 is 0 Å². The number of halogens is 2. The summed E-state index contributed by atoms with van der Waals surface area (Å²) in [4.78, 5) is 0. The highest BCUT2D eigenvalue weighted by molar-refractivity contribution is 9.10. The van der Waals surface area contributed by atoms with Crippen molar-refractivity contribution in [3.63, 3.8) is 0 Å². The zero-order chi connectivity index (χ0) is 10.1. The molecule has 0 N–H and O–H groups in total. The van der Waals surface area contributed by atoms with Crippen molar-refractivity contribution in [1.82, 2.24) is 0 Å². The lowest BCUT2D eigenvalue weighted by Gasteiger charge is -2.21. The van der Waals surface area contributed by atoms with E-state index in [0.29, 0.717) is 10.2 Å². The minimum Gasteiger partial charge on any atom is -0.488 e. The molecule has 1 rings (SSSR count). The SMILES string of the molecule is CC(C)(C)Oc1ccc(Br)c(F)c1. The van der Waals surface area contributed by atoms with E-state index in [-0.39, 0.29) is 11.4 Å². The second-order valence-electron chi connectivity index (χ2n) is 3.79. The van der Waals surface area contributed by atoms with E-state index in [1.807, 2.05) is 20.8 Å². The Balaban J connectivity index is 2.86. The molecule has 1 nitrogen and oxygen atoms in total. The average Bonchev–Trinajstić information content (AvgIpc) is 1.94. The van der Waals surface area contributed by atoms with Crippen LogP contribution in [0.2, 0.25) is 0 Å². The molecule has 0 spiro atoms. The highest BCUT2D eigenvalue weighted by atomic mass is 79.9. The predicted octanol–water partition coefficient (Wildman–Crippen LogP) is 3.77. The van der Waals surface area contributed by atoms with E-state index in [2.05, 4.69) is 15.9 Å². The van der Waals surface area contributed by atoms with Gasteiger partial charge in [0.05, 0.1) is 4.47 Å². The molecular formula is C10H12BrFO. The van der Waals surface area contributed by atoms with Crippen molar-refractivity contribution in [2.75, 3.05) is 0 Å². The third-order valence-electron chi connectivity index (χ3n) is 1.32. The van der Waals surface area contributed by atoms with Gasteiger partial charge in [0.25, 0.3) is 0 Å². The quantitative estimate of drug-likeness (QED) is 0.734. The number of ether oxygens (including phenoxy) is 1. The van der Waals surface area contributed by atoms with Crippen LogP contribution in [0.5, 0.6) is 5.75 Å². The van der Waals surface area contributed by atoms with Crippen LogP contribution in [-0.2, 0) is 0 Å². The number of benzene rings is 1. The van der Waals surface area contributed by atoms with Crippen molar-refractivity contribution < 1.29 is 9.13 Å². The molecule has 0 aromatic heterocycles. The highest BCUT2D eigenvalue weighted by Gasteiger charge is 2.12. The summed E-state index contributed by atoms with van der Waals surface area (Å²) in [6, 6.07) is 4.74. The van der Waals surface area contributed by atoms with Crippen molar-refractivity contribution >= 4 is 15.9 Å². The van der Waals surface area contributed by atoms with Crippen LogP contribution in [-0.4, -0.2) is 5.60 Å². The molecule has 0 fully saturated rings. The molecule has 0 atom stereocenters. The third kappa shape index (κ3) is 3.35. The summed E-state index contributed by atoms with van der Waals surface area (Å²) in [6.45, 7) is 5.77. The molecule has 0 bridgehead atoms. The Morgan fingerprint density at radius 2 is 1.92 bits per heavy atom. The molecule has 3 heteroatoms. The maximum atomic E-state index is 13.0. The Morgan fingerprint density at radius 1 is 1.31 bits per heavy atom. The molecule has 0 saturated carbocycles. The first-order valence-corrected chi connectivity index (χ1v) is 4.82. The zero-order valence-corrected chi connectivity index (χ0v) is 9.48. The first-order chi connectivity index (χ1) is 5.88. The van der Waals surface area contributed by atoms with Crippen LogP contribution >= 0.6 is 15.9 Å². The van der Waals surface area contributed by atoms with Crippen LogP contribution in [0.4, 0.5) is 4.39 Å². The molecule has 0 aliphatic heterocycles. The summed E-state index contributed by atoms with van der Waals surface area (Å²) in [6.07, 6.45) is 0. The maximum absolute atomic E-state index is 13.0. The molecule has 72 valence electrons. The van der Waals surface area contributed by atoms with Crippen LogP contribution in [0, 0.1) is 5.82 Å². The second kappa shape index (κ2) is 3.66. The molecule has 0 amide bonds. The summed E-state index contributed by atoms with van der Waals surface area (Å²) < 4.78 is 19.0. The van der Waals surface area contributed by atoms with E-state index in [0.717, 1.165) is 0 Å². The standard InChI is InChI=1S/C10H12BrFO/c1-10(2,3)13-7-4-5-8(11)9(12)6-7/h4-6H,1-3H3. The van der Waals surface area contributed by atoms with Gasteiger partial charge >= 0.3 is 0 Å². The fraction of sp³-hybridized carbons (Fsp3) is 0.400. The summed E-state index contributed by atoms with van der Waals surface area (Å²) in [5.41, 5.74) is -0.291. The predicted molar refractivity (Wildman–Crippen MR) is 54.5 cm³/mol. The number of hydrogen-bond acceptors (Lipinski definition) is 1. The molecule has 13 heavy (non-hydrogen) atoms. The van der Waals surface area contributed by atoms with Gasteiger partial charge in [-0.1, -0.05) is 0 Å². The monoisotopic (exact) mass is 246 g/mol. The van der Waals surface area contributed by atoms with E-state index in [1.54, 1.807) is 12.1 Å². The van der Waals surface area contributed by atoms with Gasteiger partial charge in [0.15, 0.2) is 0 Å². The molecular weight excluding hydrogens is 235 g/mol. The molecule has 0 unspecified atom stereocenters. The van der Waals surface area contributed by atoms with Crippen LogP contribution in [0.25, 0.3) is 0 Å². The molecule has 0 saturated heterocycles. The lowest BCUT2D eigenvalue weighted by molar-refractivity contribution is 0.130. The van der Waals surface area contributed by atoms with Gasteiger partial charge in [0.1, 0.15) is 17.2 Å². The van der Waals surface area contributed by atoms with Gasteiger partial charge in [-0.05, 0) is 48.8 Å². The summed E-state index contributed by atoms with van der Waals surface area (Å²) in [5, 5.41) is 0. The fourth-order valence-electron chi connectivity index (χ4n) is 0.894. The molecule has 1 aromatic rings. The Morgan fingerprint density at radius 3 is 2.38 bits per heavy atom. The minimum absolute atomic E-state index is 0.291. The van der Waals surface area contributed by atoms with Crippen LogP contribution in [0.3, 0.4) is 0 Å². The van der Waals surface area contributed by atoms with E-state index in [4.69, 9.17) is 4.74 Å². The van der Waals surface area contributed by atoms with Crippen molar-refractivity contribution in [3.05, 3.63) is 28.5 Å². The third-order valence-corrected chi connectivity index (χ3v) is 1.96. The van der Waals surface area contributed by atoms with Gasteiger partial charge in [-0.2, -0.15) is 0 Å². The number of rotatable bonds is 1. The van der Waals surface area contributed by atoms with Crippen molar-refractivity contribution in [2.24, 2.45) is 0 Å². The molecule has 0 radical (unpaired) electrons. The largest absolute Gasteiger partial charge is 0.488 e. The van der Waals surface area contributed by atoms with Gasteiger partial charge in [0.2, 0.25) is 0 Å². The summed E-state index contributed by atoms with van der Waals surface area (Å²) in [7, 11) is 0. The van der Waals surface area contributed by atoms with Crippen molar-refractivity contribution in [2.45, 2.75) is 26.4 Å². The zero-order valence-electron chi connectivity index (χ0n) is 7.90. The van der Waals surface area contributed by atoms with Gasteiger partial charge in [0, 0.05) is 6.07 Å². The van der Waals surface area contributed by atoms with Gasteiger partial charge in [-0.3, -0.25) is 0 Å². The minimum atomic E-state index is -0.304.